The number of halogens is 3. The summed E-state index contributed by atoms with van der Waals surface area (Å²) in [6.45, 7) is 0.276. The van der Waals surface area contributed by atoms with Crippen molar-refractivity contribution >= 4 is 5.69 Å². The Morgan fingerprint density at radius 1 is 1.26 bits per heavy atom. The molecule has 1 aromatic heterocycles. The number of alkyl halides is 3. The van der Waals surface area contributed by atoms with Crippen LogP contribution in [0.25, 0.3) is 0 Å². The maximum absolute atomic E-state index is 12.9. The van der Waals surface area contributed by atoms with Gasteiger partial charge in [-0.25, -0.2) is 0 Å². The van der Waals surface area contributed by atoms with E-state index in [9.17, 15) is 13.2 Å². The molecular formula is C13H10F3N3. The average Bonchev–Trinajstić information content (AvgIpc) is 2.88. The summed E-state index contributed by atoms with van der Waals surface area (Å²) in [7, 11) is 0. The van der Waals surface area contributed by atoms with Gasteiger partial charge in [-0.3, -0.25) is 0 Å². The summed E-state index contributed by atoms with van der Waals surface area (Å²) >= 11 is 0. The lowest BCUT2D eigenvalue weighted by Crippen LogP contribution is -2.11. The maximum atomic E-state index is 12.9. The van der Waals surface area contributed by atoms with Crippen LogP contribution >= 0.6 is 0 Å². The van der Waals surface area contributed by atoms with E-state index >= 15 is 0 Å². The third-order valence-electron chi connectivity index (χ3n) is 2.60. The van der Waals surface area contributed by atoms with E-state index < -0.39 is 11.7 Å². The van der Waals surface area contributed by atoms with Crippen LogP contribution in [-0.4, -0.2) is 4.98 Å². The molecule has 6 heteroatoms. The Morgan fingerprint density at radius 3 is 2.63 bits per heavy atom. The number of H-pyrrole nitrogens is 1. The van der Waals surface area contributed by atoms with Crippen molar-refractivity contribution < 1.29 is 13.2 Å². The molecule has 0 radical (unpaired) electrons. The van der Waals surface area contributed by atoms with Gasteiger partial charge in [0.2, 0.25) is 0 Å². The first-order chi connectivity index (χ1) is 9.00. The number of rotatable bonds is 3. The Labute approximate surface area is 107 Å². The molecule has 0 fully saturated rings. The number of benzene rings is 1. The van der Waals surface area contributed by atoms with Gasteiger partial charge >= 0.3 is 6.18 Å². The summed E-state index contributed by atoms with van der Waals surface area (Å²) in [5.74, 6) is 0. The molecule has 0 saturated carbocycles. The van der Waals surface area contributed by atoms with Crippen LogP contribution in [0.1, 0.15) is 16.7 Å². The van der Waals surface area contributed by atoms with Crippen LogP contribution in [0.15, 0.2) is 36.7 Å². The van der Waals surface area contributed by atoms with E-state index in [1.54, 1.807) is 24.5 Å². The van der Waals surface area contributed by atoms with Crippen molar-refractivity contribution in [3.8, 4) is 6.07 Å². The Kier molecular flexibility index (Phi) is 3.47. The smallest absolute Gasteiger partial charge is 0.380 e. The molecule has 1 aromatic carbocycles. The topological polar surface area (TPSA) is 51.6 Å². The predicted molar refractivity (Wildman–Crippen MR) is 64.3 cm³/mol. The van der Waals surface area contributed by atoms with Crippen LogP contribution in [0.5, 0.6) is 0 Å². The van der Waals surface area contributed by atoms with Gasteiger partial charge in [0.15, 0.2) is 0 Å². The highest BCUT2D eigenvalue weighted by molar-refractivity contribution is 5.56. The lowest BCUT2D eigenvalue weighted by atomic mass is 10.1. The van der Waals surface area contributed by atoms with Crippen molar-refractivity contribution in [1.82, 2.24) is 4.98 Å². The molecule has 0 bridgehead atoms. The fourth-order valence-electron chi connectivity index (χ4n) is 1.67. The summed E-state index contributed by atoms with van der Waals surface area (Å²) in [4.78, 5) is 2.82. The van der Waals surface area contributed by atoms with Gasteiger partial charge < -0.3 is 10.3 Å². The van der Waals surface area contributed by atoms with Gasteiger partial charge in [0.05, 0.1) is 17.2 Å². The predicted octanol–water partition coefficient (Wildman–Crippen LogP) is 3.52. The standard InChI is InChI=1S/C13H10F3N3/c14-13(15,16)11-5-9(6-17)1-2-12(11)19-8-10-3-4-18-7-10/h1-5,7,18-19H,8H2. The lowest BCUT2D eigenvalue weighted by Gasteiger charge is -2.14. The van der Waals surface area contributed by atoms with Crippen molar-refractivity contribution in [2.45, 2.75) is 12.7 Å². The van der Waals surface area contributed by atoms with Gasteiger partial charge in [-0.15, -0.1) is 0 Å². The van der Waals surface area contributed by atoms with Crippen molar-refractivity contribution in [1.29, 1.82) is 5.26 Å². The molecule has 2 rings (SSSR count). The summed E-state index contributed by atoms with van der Waals surface area (Å²) in [5.41, 5.74) is -0.0354. The van der Waals surface area contributed by atoms with Crippen LogP contribution in [0.4, 0.5) is 18.9 Å². The summed E-state index contributed by atoms with van der Waals surface area (Å²) < 4.78 is 38.6. The van der Waals surface area contributed by atoms with Crippen LogP contribution in [-0.2, 0) is 12.7 Å². The molecule has 1 heterocycles. The molecule has 0 saturated heterocycles. The zero-order valence-corrected chi connectivity index (χ0v) is 9.75. The van der Waals surface area contributed by atoms with Gasteiger partial charge in [-0.1, -0.05) is 0 Å². The second-order valence-electron chi connectivity index (χ2n) is 3.94. The lowest BCUT2D eigenvalue weighted by molar-refractivity contribution is -0.137. The largest absolute Gasteiger partial charge is 0.418 e. The second kappa shape index (κ2) is 5.06. The molecule has 0 spiro atoms. The van der Waals surface area contributed by atoms with E-state index in [0.29, 0.717) is 0 Å². The molecule has 0 aliphatic heterocycles. The Bertz CT molecular complexity index is 595. The van der Waals surface area contributed by atoms with E-state index in [-0.39, 0.29) is 17.8 Å². The summed E-state index contributed by atoms with van der Waals surface area (Å²) in [6.07, 6.45) is -1.10. The second-order valence-corrected chi connectivity index (χ2v) is 3.94. The minimum atomic E-state index is -4.49. The molecule has 0 aliphatic rings. The molecule has 3 nitrogen and oxygen atoms in total. The third-order valence-corrected chi connectivity index (χ3v) is 2.60. The highest BCUT2D eigenvalue weighted by atomic mass is 19.4. The summed E-state index contributed by atoms with van der Waals surface area (Å²) in [5, 5.41) is 11.4. The average molecular weight is 265 g/mol. The van der Waals surface area contributed by atoms with Gasteiger partial charge in [0, 0.05) is 24.6 Å². The SMILES string of the molecule is N#Cc1ccc(NCc2cc[nH]c2)c(C(F)(F)F)c1. The first kappa shape index (κ1) is 13.0. The molecule has 0 unspecified atom stereocenters. The van der Waals surface area contributed by atoms with E-state index in [0.717, 1.165) is 11.6 Å². The van der Waals surface area contributed by atoms with Gasteiger partial charge in [-0.2, -0.15) is 18.4 Å². The van der Waals surface area contributed by atoms with Crippen molar-refractivity contribution in [3.63, 3.8) is 0 Å². The first-order valence-electron chi connectivity index (χ1n) is 5.47. The molecule has 0 amide bonds. The first-order valence-corrected chi connectivity index (χ1v) is 5.47. The summed E-state index contributed by atoms with van der Waals surface area (Å²) in [6, 6.07) is 6.95. The normalized spacial score (nSPS) is 11.1. The monoisotopic (exact) mass is 265 g/mol. The Morgan fingerprint density at radius 2 is 2.05 bits per heavy atom. The fraction of sp³-hybridized carbons (Fsp3) is 0.154. The number of anilines is 1. The quantitative estimate of drug-likeness (QED) is 0.892. The zero-order valence-electron chi connectivity index (χ0n) is 9.75. The van der Waals surface area contributed by atoms with Crippen LogP contribution in [0.3, 0.4) is 0 Å². The van der Waals surface area contributed by atoms with Gasteiger partial charge in [-0.05, 0) is 29.8 Å². The molecule has 19 heavy (non-hydrogen) atoms. The molecule has 98 valence electrons. The van der Waals surface area contributed by atoms with Gasteiger partial charge in [0.25, 0.3) is 0 Å². The third kappa shape index (κ3) is 3.07. The van der Waals surface area contributed by atoms with Crippen LogP contribution in [0.2, 0.25) is 0 Å². The van der Waals surface area contributed by atoms with Gasteiger partial charge in [0.1, 0.15) is 0 Å². The highest BCUT2D eigenvalue weighted by Crippen LogP contribution is 2.35. The number of aromatic amines is 1. The number of nitrogens with zero attached hydrogens (tertiary/aromatic N) is 1. The fourth-order valence-corrected chi connectivity index (χ4v) is 1.67. The maximum Gasteiger partial charge on any atom is 0.418 e. The number of hydrogen-bond acceptors (Lipinski definition) is 2. The van der Waals surface area contributed by atoms with E-state index in [2.05, 4.69) is 10.3 Å². The van der Waals surface area contributed by atoms with E-state index in [1.165, 1.54) is 12.1 Å². The molecule has 0 atom stereocenters. The number of nitriles is 1. The van der Waals surface area contributed by atoms with E-state index in [4.69, 9.17) is 5.26 Å². The Balaban J connectivity index is 2.27. The number of hydrogen-bond donors (Lipinski definition) is 2. The van der Waals surface area contributed by atoms with Crippen molar-refractivity contribution in [2.24, 2.45) is 0 Å². The van der Waals surface area contributed by atoms with Crippen molar-refractivity contribution in [3.05, 3.63) is 53.3 Å². The minimum Gasteiger partial charge on any atom is -0.380 e. The molecular weight excluding hydrogens is 255 g/mol. The number of nitrogens with one attached hydrogen (secondary N) is 2. The zero-order chi connectivity index (χ0) is 13.9. The highest BCUT2D eigenvalue weighted by Gasteiger charge is 2.33. The van der Waals surface area contributed by atoms with Crippen LogP contribution in [0, 0.1) is 11.3 Å². The van der Waals surface area contributed by atoms with E-state index in [1.807, 2.05) is 0 Å². The molecule has 0 aliphatic carbocycles. The van der Waals surface area contributed by atoms with Crippen molar-refractivity contribution in [2.75, 3.05) is 5.32 Å². The van der Waals surface area contributed by atoms with Crippen LogP contribution < -0.4 is 5.32 Å². The molecule has 2 aromatic rings. The number of aromatic nitrogens is 1. The Hall–Kier alpha value is -2.42. The minimum absolute atomic E-state index is 0.0143. The molecule has 2 N–H and O–H groups in total.